The summed E-state index contributed by atoms with van der Waals surface area (Å²) in [6, 6.07) is -0.724. The second kappa shape index (κ2) is 59.2. The Hall–Kier alpha value is -2.70. The van der Waals surface area contributed by atoms with E-state index < -0.39 is 18.2 Å². The maximum absolute atomic E-state index is 13.3. The lowest BCUT2D eigenvalue weighted by Crippen LogP contribution is -2.46. The van der Waals surface area contributed by atoms with Crippen LogP contribution in [-0.4, -0.2) is 46.9 Å². The lowest BCUT2D eigenvalue weighted by Gasteiger charge is -2.24. The number of hydrogen-bond acceptors (Lipinski definition) is 5. The molecule has 0 rings (SSSR count). The van der Waals surface area contributed by atoms with Crippen molar-refractivity contribution in [1.82, 2.24) is 5.32 Å². The fraction of sp³-hybridized carbons (Fsp3) is 0.788. The largest absolute Gasteiger partial charge is 0.462 e. The molecule has 0 aromatic carbocycles. The molecule has 418 valence electrons. The van der Waals surface area contributed by atoms with Crippen LogP contribution in [0.3, 0.4) is 0 Å². The van der Waals surface area contributed by atoms with Crippen molar-refractivity contribution in [3.05, 3.63) is 72.9 Å². The van der Waals surface area contributed by atoms with Gasteiger partial charge in [-0.05, 0) is 96.3 Å². The topological polar surface area (TPSA) is 95.9 Å². The van der Waals surface area contributed by atoms with Gasteiger partial charge in [-0.2, -0.15) is 0 Å². The van der Waals surface area contributed by atoms with Gasteiger partial charge in [-0.3, -0.25) is 9.59 Å². The third-order valence-corrected chi connectivity index (χ3v) is 14.0. The first-order chi connectivity index (χ1) is 35.5. The van der Waals surface area contributed by atoms with Crippen LogP contribution in [0.4, 0.5) is 0 Å². The van der Waals surface area contributed by atoms with Crippen LogP contribution in [0.2, 0.25) is 0 Å². The Bertz CT molecular complexity index is 1310. The van der Waals surface area contributed by atoms with Crippen LogP contribution in [0.5, 0.6) is 0 Å². The Morgan fingerprint density at radius 3 is 1.12 bits per heavy atom. The molecule has 1 amide bonds. The lowest BCUT2D eigenvalue weighted by atomic mass is 10.0. The molecule has 6 heteroatoms. The zero-order valence-corrected chi connectivity index (χ0v) is 47.8. The summed E-state index contributed by atoms with van der Waals surface area (Å²) in [4.78, 5) is 26.4. The summed E-state index contributed by atoms with van der Waals surface area (Å²) in [5.41, 5.74) is 0. The molecule has 0 radical (unpaired) electrons. The minimum absolute atomic E-state index is 0.0372. The maximum Gasteiger partial charge on any atom is 0.306 e. The highest BCUT2D eigenvalue weighted by Crippen LogP contribution is 2.18. The third-order valence-electron chi connectivity index (χ3n) is 14.0. The first-order valence-corrected chi connectivity index (χ1v) is 31.2. The fourth-order valence-electron chi connectivity index (χ4n) is 9.28. The quantitative estimate of drug-likeness (QED) is 0.0320. The molecule has 3 atom stereocenters. The van der Waals surface area contributed by atoms with Gasteiger partial charge in [0.25, 0.3) is 0 Å². The zero-order chi connectivity index (χ0) is 52.3. The number of rotatable bonds is 56. The number of allylic oxidation sites excluding steroid dienone is 12. The average Bonchev–Trinajstić information content (AvgIpc) is 3.37. The first kappa shape index (κ1) is 69.3. The summed E-state index contributed by atoms with van der Waals surface area (Å²) in [5.74, 6) is -0.525. The molecule has 0 aliphatic carbocycles. The maximum atomic E-state index is 13.3. The van der Waals surface area contributed by atoms with Crippen molar-refractivity contribution in [3.8, 4) is 0 Å². The number of nitrogens with one attached hydrogen (secondary N) is 1. The molecule has 0 saturated carbocycles. The Morgan fingerprint density at radius 1 is 0.403 bits per heavy atom. The number of unbranched alkanes of at least 4 members (excludes halogenated alkanes) is 32. The number of hydrogen-bond donors (Lipinski definition) is 3. The molecule has 72 heavy (non-hydrogen) atoms. The van der Waals surface area contributed by atoms with Gasteiger partial charge < -0.3 is 20.3 Å². The Morgan fingerprint density at radius 2 is 0.722 bits per heavy atom. The van der Waals surface area contributed by atoms with Gasteiger partial charge in [0.1, 0.15) is 6.10 Å². The Kier molecular flexibility index (Phi) is 57.0. The van der Waals surface area contributed by atoms with E-state index in [0.29, 0.717) is 19.3 Å². The summed E-state index contributed by atoms with van der Waals surface area (Å²) in [6.07, 6.45) is 76.9. The number of carbonyl (C=O) groups excluding carboxylic acids is 2. The smallest absolute Gasteiger partial charge is 0.306 e. The number of aliphatic hydroxyl groups excluding tert-OH is 2. The van der Waals surface area contributed by atoms with E-state index in [9.17, 15) is 19.8 Å². The van der Waals surface area contributed by atoms with Crippen molar-refractivity contribution >= 4 is 11.9 Å². The van der Waals surface area contributed by atoms with Gasteiger partial charge in [0.2, 0.25) is 5.91 Å². The first-order valence-electron chi connectivity index (χ1n) is 31.2. The normalized spacial score (nSPS) is 13.6. The van der Waals surface area contributed by atoms with Crippen molar-refractivity contribution in [2.24, 2.45) is 0 Å². The molecule has 0 aliphatic rings. The van der Waals surface area contributed by atoms with Crippen LogP contribution in [0.15, 0.2) is 72.9 Å². The van der Waals surface area contributed by atoms with Gasteiger partial charge in [-0.15, -0.1) is 0 Å². The van der Waals surface area contributed by atoms with Crippen molar-refractivity contribution in [3.63, 3.8) is 0 Å². The van der Waals surface area contributed by atoms with E-state index in [1.807, 2.05) is 0 Å². The SMILES string of the molecule is CCCCC/C=C\C/C=C\C/C=C\C/C=C\CCCC(CC(=O)NC(CO)C(O)CCCCCCCCCCCCCCCCCCC)OC(=O)CCCCCCCCCCC/C=C\C/C=C\CCCCC. The van der Waals surface area contributed by atoms with E-state index in [4.69, 9.17) is 4.74 Å². The molecule has 0 aromatic rings. The molecule has 0 aliphatic heterocycles. The Labute approximate surface area is 447 Å². The van der Waals surface area contributed by atoms with Gasteiger partial charge in [-0.25, -0.2) is 0 Å². The zero-order valence-electron chi connectivity index (χ0n) is 47.8. The molecule has 3 unspecified atom stereocenters. The van der Waals surface area contributed by atoms with E-state index in [1.165, 1.54) is 186 Å². The van der Waals surface area contributed by atoms with Crippen molar-refractivity contribution in [2.45, 2.75) is 328 Å². The average molecular weight is 1010 g/mol. The van der Waals surface area contributed by atoms with Crippen LogP contribution in [0.25, 0.3) is 0 Å². The van der Waals surface area contributed by atoms with E-state index in [0.717, 1.165) is 77.0 Å². The summed E-state index contributed by atoms with van der Waals surface area (Å²) in [7, 11) is 0. The number of carbonyl (C=O) groups is 2. The molecule has 0 saturated heterocycles. The number of esters is 1. The second-order valence-electron chi connectivity index (χ2n) is 21.1. The van der Waals surface area contributed by atoms with Crippen molar-refractivity contribution in [2.75, 3.05) is 6.61 Å². The Balaban J connectivity index is 4.62. The molecule has 0 fully saturated rings. The molecule has 0 aromatic heterocycles. The van der Waals surface area contributed by atoms with Gasteiger partial charge in [0.05, 0.1) is 25.2 Å². The van der Waals surface area contributed by atoms with Crippen LogP contribution in [0.1, 0.15) is 310 Å². The molecule has 0 bridgehead atoms. The van der Waals surface area contributed by atoms with Crippen LogP contribution >= 0.6 is 0 Å². The van der Waals surface area contributed by atoms with Crippen molar-refractivity contribution < 1.29 is 24.5 Å². The highest BCUT2D eigenvalue weighted by atomic mass is 16.5. The summed E-state index contributed by atoms with van der Waals surface area (Å²) < 4.78 is 5.95. The highest BCUT2D eigenvalue weighted by molar-refractivity contribution is 5.77. The van der Waals surface area contributed by atoms with E-state index in [1.54, 1.807) is 0 Å². The van der Waals surface area contributed by atoms with Crippen LogP contribution in [0, 0.1) is 0 Å². The summed E-state index contributed by atoms with van der Waals surface area (Å²) in [5, 5.41) is 23.9. The van der Waals surface area contributed by atoms with Crippen LogP contribution in [-0.2, 0) is 14.3 Å². The van der Waals surface area contributed by atoms with E-state index >= 15 is 0 Å². The molecular formula is C66H119NO5. The third kappa shape index (κ3) is 53.6. The predicted molar refractivity (Wildman–Crippen MR) is 315 cm³/mol. The van der Waals surface area contributed by atoms with Gasteiger partial charge >= 0.3 is 5.97 Å². The number of amides is 1. The molecule has 6 nitrogen and oxygen atoms in total. The van der Waals surface area contributed by atoms with Gasteiger partial charge in [0.15, 0.2) is 0 Å². The summed E-state index contributed by atoms with van der Waals surface area (Å²) >= 11 is 0. The predicted octanol–water partition coefficient (Wildman–Crippen LogP) is 19.7. The lowest BCUT2D eigenvalue weighted by molar-refractivity contribution is -0.151. The van der Waals surface area contributed by atoms with Crippen LogP contribution < -0.4 is 5.32 Å². The fourth-order valence-corrected chi connectivity index (χ4v) is 9.28. The molecule has 0 spiro atoms. The highest BCUT2D eigenvalue weighted by Gasteiger charge is 2.24. The monoisotopic (exact) mass is 1010 g/mol. The number of aliphatic hydroxyl groups is 2. The molecule has 3 N–H and O–H groups in total. The summed E-state index contributed by atoms with van der Waals surface area (Å²) in [6.45, 7) is 6.45. The molecular weight excluding hydrogens is 887 g/mol. The minimum Gasteiger partial charge on any atom is -0.462 e. The van der Waals surface area contributed by atoms with Gasteiger partial charge in [-0.1, -0.05) is 273 Å². The minimum atomic E-state index is -0.807. The van der Waals surface area contributed by atoms with Crippen molar-refractivity contribution in [1.29, 1.82) is 0 Å². The van der Waals surface area contributed by atoms with Gasteiger partial charge in [0, 0.05) is 6.42 Å². The second-order valence-corrected chi connectivity index (χ2v) is 21.1. The molecule has 0 heterocycles. The number of ether oxygens (including phenoxy) is 1. The standard InChI is InChI=1S/C66H119NO5/c1-4-7-10-13-16-19-22-25-28-31-32-35-38-41-44-47-50-53-56-59-66(71)72-62(57-54-51-48-45-42-39-36-33-29-26-23-20-17-14-11-8-5-2)60-65(70)67-63(61-68)64(69)58-55-52-49-46-43-40-37-34-30-27-24-21-18-15-12-9-6-3/h16-17,19-20,25-26,28-29,36,39,45,48,62-64,68-69H,4-15,18,21-24,27,30-35,37-38,40-44,46-47,49-61H2,1-3H3,(H,67,70)/b19-16-,20-17-,28-25-,29-26-,39-36-,48-45-. The van der Waals surface area contributed by atoms with E-state index in [-0.39, 0.29) is 24.9 Å². The van der Waals surface area contributed by atoms with E-state index in [2.05, 4.69) is 99.0 Å².